The summed E-state index contributed by atoms with van der Waals surface area (Å²) in [5.74, 6) is 0.779. The van der Waals surface area contributed by atoms with E-state index >= 15 is 0 Å². The van der Waals surface area contributed by atoms with E-state index in [0.717, 1.165) is 21.3 Å². The molecule has 19 heavy (non-hydrogen) atoms. The smallest absolute Gasteiger partial charge is 0.119 e. The molecule has 0 bridgehead atoms. The van der Waals surface area contributed by atoms with Crippen LogP contribution in [0.3, 0.4) is 0 Å². The largest absolute Gasteiger partial charge is 0.497 e. The minimum Gasteiger partial charge on any atom is -0.497 e. The summed E-state index contributed by atoms with van der Waals surface area (Å²) < 4.78 is 6.17. The van der Waals surface area contributed by atoms with Gasteiger partial charge in [0.15, 0.2) is 0 Å². The average molecular weight is 314 g/mol. The zero-order chi connectivity index (χ0) is 13.7. The molecular formula is C16H12BrNO. The van der Waals surface area contributed by atoms with E-state index < -0.39 is 0 Å². The zero-order valence-electron chi connectivity index (χ0n) is 10.4. The first-order valence-corrected chi connectivity index (χ1v) is 6.54. The van der Waals surface area contributed by atoms with Crippen LogP contribution in [0, 0.1) is 11.3 Å². The molecular weight excluding hydrogens is 302 g/mol. The third-order valence-corrected chi connectivity index (χ3v) is 3.21. The van der Waals surface area contributed by atoms with Crippen LogP contribution in [-0.4, -0.2) is 7.11 Å². The Hall–Kier alpha value is -2.05. The fourth-order valence-electron chi connectivity index (χ4n) is 1.71. The Morgan fingerprint density at radius 2 is 1.95 bits per heavy atom. The van der Waals surface area contributed by atoms with Crippen molar-refractivity contribution in [3.05, 3.63) is 64.1 Å². The van der Waals surface area contributed by atoms with Crippen LogP contribution < -0.4 is 4.74 Å². The Balaban J connectivity index is 2.38. The first kappa shape index (κ1) is 13.4. The summed E-state index contributed by atoms with van der Waals surface area (Å²) in [5, 5.41) is 9.28. The lowest BCUT2D eigenvalue weighted by molar-refractivity contribution is 0.414. The van der Waals surface area contributed by atoms with Gasteiger partial charge in [0.1, 0.15) is 5.75 Å². The van der Waals surface area contributed by atoms with Crippen LogP contribution in [0.15, 0.2) is 53.0 Å². The molecule has 0 amide bonds. The van der Waals surface area contributed by atoms with E-state index in [0.29, 0.717) is 5.57 Å². The summed E-state index contributed by atoms with van der Waals surface area (Å²) in [4.78, 5) is 0. The highest BCUT2D eigenvalue weighted by atomic mass is 79.9. The molecule has 0 spiro atoms. The van der Waals surface area contributed by atoms with Gasteiger partial charge in [-0.2, -0.15) is 5.26 Å². The van der Waals surface area contributed by atoms with E-state index in [9.17, 15) is 5.26 Å². The molecule has 0 N–H and O–H groups in total. The second-order valence-corrected chi connectivity index (χ2v) is 4.87. The number of hydrogen-bond donors (Lipinski definition) is 0. The minimum absolute atomic E-state index is 0.626. The molecule has 0 heterocycles. The minimum atomic E-state index is 0.626. The van der Waals surface area contributed by atoms with Gasteiger partial charge in [-0.15, -0.1) is 0 Å². The number of halogens is 1. The van der Waals surface area contributed by atoms with Gasteiger partial charge in [0, 0.05) is 4.47 Å². The van der Waals surface area contributed by atoms with Gasteiger partial charge in [0.25, 0.3) is 0 Å². The van der Waals surface area contributed by atoms with Crippen LogP contribution in [0.5, 0.6) is 5.75 Å². The lowest BCUT2D eigenvalue weighted by atomic mass is 10.0. The van der Waals surface area contributed by atoms with E-state index in [1.165, 1.54) is 0 Å². The predicted octanol–water partition coefficient (Wildman–Crippen LogP) is 4.52. The summed E-state index contributed by atoms with van der Waals surface area (Å²) in [5.41, 5.74) is 2.47. The topological polar surface area (TPSA) is 33.0 Å². The Labute approximate surface area is 121 Å². The summed E-state index contributed by atoms with van der Waals surface area (Å²) >= 11 is 3.38. The van der Waals surface area contributed by atoms with Crippen molar-refractivity contribution in [2.75, 3.05) is 7.11 Å². The molecule has 2 nitrogen and oxygen atoms in total. The van der Waals surface area contributed by atoms with Gasteiger partial charge < -0.3 is 4.74 Å². The van der Waals surface area contributed by atoms with Crippen molar-refractivity contribution >= 4 is 27.6 Å². The van der Waals surface area contributed by atoms with Crippen LogP contribution in [0.4, 0.5) is 0 Å². The molecule has 0 atom stereocenters. The number of allylic oxidation sites excluding steroid dienone is 1. The van der Waals surface area contributed by atoms with Crippen molar-refractivity contribution < 1.29 is 4.74 Å². The molecule has 2 rings (SSSR count). The van der Waals surface area contributed by atoms with Gasteiger partial charge >= 0.3 is 0 Å². The maximum atomic E-state index is 9.28. The van der Waals surface area contributed by atoms with E-state index in [1.54, 1.807) is 7.11 Å². The molecule has 0 aromatic heterocycles. The Morgan fingerprint density at radius 3 is 2.58 bits per heavy atom. The highest BCUT2D eigenvalue weighted by Crippen LogP contribution is 2.21. The molecule has 2 aromatic rings. The van der Waals surface area contributed by atoms with Crippen LogP contribution in [-0.2, 0) is 0 Å². The zero-order valence-corrected chi connectivity index (χ0v) is 12.0. The Kier molecular flexibility index (Phi) is 4.38. The number of nitrogens with zero attached hydrogens (tertiary/aromatic N) is 1. The monoisotopic (exact) mass is 313 g/mol. The number of benzene rings is 2. The van der Waals surface area contributed by atoms with Crippen LogP contribution >= 0.6 is 15.9 Å². The summed E-state index contributed by atoms with van der Waals surface area (Å²) in [6.07, 6.45) is 1.85. The lowest BCUT2D eigenvalue weighted by Gasteiger charge is -2.02. The van der Waals surface area contributed by atoms with Gasteiger partial charge in [-0.3, -0.25) is 0 Å². The molecule has 0 aliphatic heterocycles. The molecule has 0 saturated heterocycles. The second kappa shape index (κ2) is 6.21. The third-order valence-electron chi connectivity index (χ3n) is 2.68. The molecule has 2 aromatic carbocycles. The fraction of sp³-hybridized carbons (Fsp3) is 0.0625. The number of rotatable bonds is 3. The fourth-order valence-corrected chi connectivity index (χ4v) is 1.97. The molecule has 3 heteroatoms. The summed E-state index contributed by atoms with van der Waals surface area (Å²) in [6, 6.07) is 17.5. The van der Waals surface area contributed by atoms with Crippen LogP contribution in [0.25, 0.3) is 11.6 Å². The maximum Gasteiger partial charge on any atom is 0.119 e. The molecule has 0 fully saturated rings. The predicted molar refractivity (Wildman–Crippen MR) is 80.6 cm³/mol. The second-order valence-electron chi connectivity index (χ2n) is 3.95. The van der Waals surface area contributed by atoms with Crippen molar-refractivity contribution in [2.45, 2.75) is 0 Å². The number of hydrogen-bond acceptors (Lipinski definition) is 2. The van der Waals surface area contributed by atoms with Crippen LogP contribution in [0.1, 0.15) is 11.1 Å². The van der Waals surface area contributed by atoms with Crippen molar-refractivity contribution in [3.8, 4) is 11.8 Å². The Bertz CT molecular complexity index is 639. The molecule has 0 unspecified atom stereocenters. The van der Waals surface area contributed by atoms with Crippen molar-refractivity contribution in [1.82, 2.24) is 0 Å². The van der Waals surface area contributed by atoms with E-state index in [2.05, 4.69) is 22.0 Å². The van der Waals surface area contributed by atoms with Gasteiger partial charge in [0.2, 0.25) is 0 Å². The molecule has 0 aliphatic rings. The average Bonchev–Trinajstić information content (AvgIpc) is 2.46. The first-order valence-electron chi connectivity index (χ1n) is 5.75. The summed E-state index contributed by atoms with van der Waals surface area (Å²) in [6.45, 7) is 0. The standard InChI is InChI=1S/C16H12BrNO/c1-19-16-4-2-3-12(10-16)9-14(11-18)13-5-7-15(17)8-6-13/h2-10H,1H3. The van der Waals surface area contributed by atoms with Gasteiger partial charge in [-0.1, -0.05) is 40.2 Å². The normalized spacial score (nSPS) is 10.9. The molecule has 0 radical (unpaired) electrons. The SMILES string of the molecule is COc1cccc(C=C(C#N)c2ccc(Br)cc2)c1. The van der Waals surface area contributed by atoms with Crippen LogP contribution in [0.2, 0.25) is 0 Å². The number of ether oxygens (including phenoxy) is 1. The van der Waals surface area contributed by atoms with E-state index in [-0.39, 0.29) is 0 Å². The molecule has 94 valence electrons. The van der Waals surface area contributed by atoms with Gasteiger partial charge in [-0.05, 0) is 41.5 Å². The Morgan fingerprint density at radius 1 is 1.21 bits per heavy atom. The number of methoxy groups -OCH3 is 1. The quantitative estimate of drug-likeness (QED) is 0.616. The van der Waals surface area contributed by atoms with Gasteiger partial charge in [-0.25, -0.2) is 0 Å². The lowest BCUT2D eigenvalue weighted by Crippen LogP contribution is -1.84. The molecule has 0 aliphatic carbocycles. The van der Waals surface area contributed by atoms with E-state index in [1.807, 2.05) is 54.6 Å². The number of nitriles is 1. The molecule has 0 saturated carbocycles. The van der Waals surface area contributed by atoms with Crippen molar-refractivity contribution in [2.24, 2.45) is 0 Å². The third kappa shape index (κ3) is 3.46. The highest BCUT2D eigenvalue weighted by Gasteiger charge is 2.01. The maximum absolute atomic E-state index is 9.28. The first-order chi connectivity index (χ1) is 9.22. The van der Waals surface area contributed by atoms with Crippen molar-refractivity contribution in [1.29, 1.82) is 5.26 Å². The van der Waals surface area contributed by atoms with Gasteiger partial charge in [0.05, 0.1) is 18.8 Å². The van der Waals surface area contributed by atoms with E-state index in [4.69, 9.17) is 4.74 Å². The summed E-state index contributed by atoms with van der Waals surface area (Å²) in [7, 11) is 1.63. The van der Waals surface area contributed by atoms with Crippen molar-refractivity contribution in [3.63, 3.8) is 0 Å². The highest BCUT2D eigenvalue weighted by molar-refractivity contribution is 9.10.